The zero-order chi connectivity index (χ0) is 24.8. The highest BCUT2D eigenvalue weighted by atomic mass is 35.5. The predicted octanol–water partition coefficient (Wildman–Crippen LogP) is 3.38. The number of rotatable bonds is 4. The number of nitrogens with zero attached hydrogens (tertiary/aromatic N) is 6. The fraction of sp³-hybridized carbons (Fsp3) is 0.455. The Labute approximate surface area is 216 Å². The summed E-state index contributed by atoms with van der Waals surface area (Å²) in [5, 5.41) is 12.3. The monoisotopic (exact) mass is 539 g/mol. The Kier molecular flexibility index (Phi) is 7.05. The lowest BCUT2D eigenvalue weighted by Crippen LogP contribution is -2.55. The van der Waals surface area contributed by atoms with Crippen molar-refractivity contribution in [2.24, 2.45) is 0 Å². The molecule has 9 nitrogen and oxygen atoms in total. The minimum atomic E-state index is -4.82. The molecule has 2 saturated heterocycles. The van der Waals surface area contributed by atoms with Crippen LogP contribution in [0.3, 0.4) is 0 Å². The molecule has 14 heteroatoms. The quantitative estimate of drug-likeness (QED) is 0.585. The van der Waals surface area contributed by atoms with Crippen molar-refractivity contribution in [2.75, 3.05) is 22.9 Å². The lowest BCUT2D eigenvalue weighted by molar-refractivity contribution is -0.138. The Morgan fingerprint density at radius 1 is 1.14 bits per heavy atom. The highest BCUT2D eigenvalue weighted by molar-refractivity contribution is 7.81. The second-order valence-electron chi connectivity index (χ2n) is 8.63. The van der Waals surface area contributed by atoms with Gasteiger partial charge >= 0.3 is 12.2 Å². The maximum atomic E-state index is 13.5. The number of ether oxygens (including phenoxy) is 1. The lowest BCUT2D eigenvalue weighted by Gasteiger charge is -2.42. The van der Waals surface area contributed by atoms with Crippen molar-refractivity contribution in [1.82, 2.24) is 20.3 Å². The molecular weight excluding hydrogens is 519 g/mol. The molecule has 0 unspecified atom stereocenters. The van der Waals surface area contributed by atoms with E-state index in [1.54, 1.807) is 4.90 Å². The highest BCUT2D eigenvalue weighted by Crippen LogP contribution is 2.48. The molecule has 2 aromatic heterocycles. The van der Waals surface area contributed by atoms with E-state index >= 15 is 0 Å². The predicted molar refractivity (Wildman–Crippen MR) is 129 cm³/mol. The van der Waals surface area contributed by atoms with E-state index in [2.05, 4.69) is 20.3 Å². The van der Waals surface area contributed by atoms with E-state index in [4.69, 9.17) is 22.2 Å². The number of carbonyl (C=O) groups is 1. The van der Waals surface area contributed by atoms with Crippen molar-refractivity contribution in [1.29, 1.82) is 5.26 Å². The Balaban J connectivity index is 0.00000304. The molecule has 1 amide bonds. The van der Waals surface area contributed by atoms with E-state index in [-0.39, 0.29) is 35.3 Å². The summed E-state index contributed by atoms with van der Waals surface area (Å²) in [5.74, 6) is -0.441. The smallest absolute Gasteiger partial charge is 0.419 e. The molecule has 0 radical (unpaired) electrons. The van der Waals surface area contributed by atoms with Gasteiger partial charge in [-0.15, -0.1) is 12.4 Å². The van der Waals surface area contributed by atoms with E-state index in [1.807, 2.05) is 0 Å². The van der Waals surface area contributed by atoms with Gasteiger partial charge in [0.15, 0.2) is 10.8 Å². The van der Waals surface area contributed by atoms with Gasteiger partial charge in [-0.05, 0) is 63.5 Å². The molecule has 3 fully saturated rings. The van der Waals surface area contributed by atoms with Crippen molar-refractivity contribution in [3.63, 3.8) is 0 Å². The molecule has 190 valence electrons. The van der Waals surface area contributed by atoms with Crippen molar-refractivity contribution < 1.29 is 22.7 Å². The number of piperidine rings is 1. The van der Waals surface area contributed by atoms with Crippen molar-refractivity contribution in [3.8, 4) is 12.1 Å². The van der Waals surface area contributed by atoms with Crippen LogP contribution in [0.2, 0.25) is 0 Å². The van der Waals surface area contributed by atoms with Crippen molar-refractivity contribution >= 4 is 47.0 Å². The molecule has 0 atom stereocenters. The van der Waals surface area contributed by atoms with Crippen LogP contribution in [0.25, 0.3) is 0 Å². The van der Waals surface area contributed by atoms with Crippen LogP contribution in [0.5, 0.6) is 6.01 Å². The normalized spacial score (nSPS) is 19.6. The van der Waals surface area contributed by atoms with Crippen LogP contribution in [0.15, 0.2) is 24.7 Å². The summed E-state index contributed by atoms with van der Waals surface area (Å²) in [5.41, 5.74) is -2.72. The number of hydrogen-bond acceptors (Lipinski definition) is 8. The molecule has 4 heterocycles. The number of halogens is 4. The maximum Gasteiger partial charge on any atom is 0.419 e. The minimum absolute atomic E-state index is 0. The summed E-state index contributed by atoms with van der Waals surface area (Å²) in [6, 6.07) is 2.39. The number of alkyl halides is 3. The number of pyridine rings is 1. The van der Waals surface area contributed by atoms with Gasteiger partial charge in [-0.1, -0.05) is 0 Å². The molecule has 0 bridgehead atoms. The number of anilines is 2. The van der Waals surface area contributed by atoms with Crippen LogP contribution in [-0.2, 0) is 11.0 Å². The molecule has 0 aromatic carbocycles. The second-order valence-corrected chi connectivity index (χ2v) is 9.00. The van der Waals surface area contributed by atoms with Gasteiger partial charge in [0.05, 0.1) is 35.5 Å². The fourth-order valence-corrected chi connectivity index (χ4v) is 5.11. The zero-order valence-electron chi connectivity index (χ0n) is 18.8. The topological polar surface area (TPSA) is 107 Å². The molecule has 36 heavy (non-hydrogen) atoms. The Hall–Kier alpha value is -3.08. The first-order chi connectivity index (χ1) is 16.7. The third kappa shape index (κ3) is 4.33. The van der Waals surface area contributed by atoms with Gasteiger partial charge in [0, 0.05) is 0 Å². The third-order valence-electron chi connectivity index (χ3n) is 6.57. The molecule has 1 saturated carbocycles. The van der Waals surface area contributed by atoms with Crippen molar-refractivity contribution in [2.45, 2.75) is 49.9 Å². The first-order valence-corrected chi connectivity index (χ1v) is 11.5. The number of carbonyl (C=O) groups excluding carboxylic acids is 1. The molecule has 1 aliphatic carbocycles. The first-order valence-electron chi connectivity index (χ1n) is 11.1. The molecular formula is C22H21ClF3N7O2S. The summed E-state index contributed by atoms with van der Waals surface area (Å²) in [7, 11) is 0. The highest BCUT2D eigenvalue weighted by Gasteiger charge is 2.60. The molecule has 1 spiro atoms. The summed E-state index contributed by atoms with van der Waals surface area (Å²) >= 11 is 5.58. The van der Waals surface area contributed by atoms with Gasteiger partial charge in [0.1, 0.15) is 17.7 Å². The van der Waals surface area contributed by atoms with Crippen LogP contribution in [0, 0.1) is 11.3 Å². The summed E-state index contributed by atoms with van der Waals surface area (Å²) < 4.78 is 46.3. The number of nitrogens with one attached hydrogen (secondary N) is 1. The SMILES string of the molecule is Cl.N#Cc1ncc(N2C(=O)C3(CCC3)N(c3cnc(OC4CCNCC4)nc3)C2=S)cc1C(F)(F)F. The van der Waals surface area contributed by atoms with Crippen LogP contribution in [-0.4, -0.2) is 50.7 Å². The van der Waals surface area contributed by atoms with E-state index < -0.39 is 28.9 Å². The number of amides is 1. The zero-order valence-corrected chi connectivity index (χ0v) is 20.4. The Bertz CT molecular complexity index is 1210. The lowest BCUT2D eigenvalue weighted by atomic mass is 9.75. The third-order valence-corrected chi connectivity index (χ3v) is 6.93. The van der Waals surface area contributed by atoms with E-state index in [9.17, 15) is 18.0 Å². The molecule has 2 aromatic rings. The van der Waals surface area contributed by atoms with Crippen LogP contribution < -0.4 is 19.9 Å². The van der Waals surface area contributed by atoms with Gasteiger partial charge in [-0.25, -0.2) is 15.0 Å². The molecule has 1 N–H and O–H groups in total. The van der Waals surface area contributed by atoms with Gasteiger partial charge in [-0.2, -0.15) is 18.4 Å². The van der Waals surface area contributed by atoms with Gasteiger partial charge in [0.25, 0.3) is 5.91 Å². The Morgan fingerprint density at radius 2 is 1.78 bits per heavy atom. The largest absolute Gasteiger partial charge is 0.460 e. The molecule has 2 aliphatic heterocycles. The van der Waals surface area contributed by atoms with E-state index in [0.29, 0.717) is 18.5 Å². The average Bonchev–Trinajstić information content (AvgIpc) is 3.06. The maximum absolute atomic E-state index is 13.5. The number of aromatic nitrogens is 3. The van der Waals surface area contributed by atoms with Crippen LogP contribution >= 0.6 is 24.6 Å². The summed E-state index contributed by atoms with van der Waals surface area (Å²) in [4.78, 5) is 28.4. The summed E-state index contributed by atoms with van der Waals surface area (Å²) in [6.07, 6.45) is 2.66. The number of nitriles is 1. The minimum Gasteiger partial charge on any atom is -0.460 e. The van der Waals surface area contributed by atoms with Gasteiger partial charge in [0.2, 0.25) is 0 Å². The van der Waals surface area contributed by atoms with E-state index in [0.717, 1.165) is 49.5 Å². The number of hydrogen-bond donors (Lipinski definition) is 1. The standard InChI is InChI=1S/C22H20F3N7O2S.ClH/c23-22(24,25)16-8-13(10-28-17(16)9-26)31-18(33)21(4-1-5-21)32(20(31)35)14-11-29-19(30-12-14)34-15-2-6-27-7-3-15;/h8,10-12,15,27H,1-7H2;1H. The van der Waals surface area contributed by atoms with Crippen LogP contribution in [0.4, 0.5) is 24.5 Å². The first kappa shape index (κ1) is 26.0. The average molecular weight is 540 g/mol. The van der Waals surface area contributed by atoms with Gasteiger partial charge < -0.3 is 10.1 Å². The Morgan fingerprint density at radius 3 is 2.33 bits per heavy atom. The second kappa shape index (κ2) is 9.76. The van der Waals surface area contributed by atoms with Crippen LogP contribution in [0.1, 0.15) is 43.4 Å². The molecule has 5 rings (SSSR count). The summed E-state index contributed by atoms with van der Waals surface area (Å²) in [6.45, 7) is 1.71. The van der Waals surface area contributed by atoms with E-state index in [1.165, 1.54) is 18.5 Å². The number of thiocarbonyl (C=S) groups is 1. The fourth-order valence-electron chi connectivity index (χ4n) is 4.64. The van der Waals surface area contributed by atoms with Crippen molar-refractivity contribution in [3.05, 3.63) is 35.9 Å². The van der Waals surface area contributed by atoms with Gasteiger partial charge in [-0.3, -0.25) is 14.6 Å². The molecule has 3 aliphatic rings.